The summed E-state index contributed by atoms with van der Waals surface area (Å²) in [5.41, 5.74) is 9.50. The average Bonchev–Trinajstić information content (AvgIpc) is 3.50. The molecule has 190 valence electrons. The van der Waals surface area contributed by atoms with E-state index in [1.54, 1.807) is 0 Å². The fourth-order valence-corrected chi connectivity index (χ4v) is 6.27. The second-order valence-electron chi connectivity index (χ2n) is 10.9. The van der Waals surface area contributed by atoms with Gasteiger partial charge in [0.15, 0.2) is 17.5 Å². The zero-order chi connectivity index (χ0) is 26.8. The monoisotopic (exact) mass is 515 g/mol. The number of rotatable bonds is 3. The summed E-state index contributed by atoms with van der Waals surface area (Å²) in [7, 11) is 0. The summed E-state index contributed by atoms with van der Waals surface area (Å²) in [6, 6.07) is 39.4. The van der Waals surface area contributed by atoms with E-state index in [0.717, 1.165) is 38.6 Å². The quantitative estimate of drug-likeness (QED) is 0.235. The Morgan fingerprint density at radius 1 is 0.525 bits per heavy atom. The topological polar surface area (TPSA) is 51.8 Å². The molecule has 0 N–H and O–H groups in total. The van der Waals surface area contributed by atoms with E-state index in [-0.39, 0.29) is 5.41 Å². The van der Waals surface area contributed by atoms with Gasteiger partial charge in [-0.15, -0.1) is 0 Å². The van der Waals surface area contributed by atoms with Crippen LogP contribution in [0.25, 0.3) is 67.2 Å². The van der Waals surface area contributed by atoms with Crippen LogP contribution < -0.4 is 0 Å². The molecular formula is C36H25N3O. The predicted molar refractivity (Wildman–Crippen MR) is 161 cm³/mol. The van der Waals surface area contributed by atoms with Gasteiger partial charge in [-0.05, 0) is 34.4 Å². The van der Waals surface area contributed by atoms with Crippen LogP contribution in [0.5, 0.6) is 0 Å². The van der Waals surface area contributed by atoms with Gasteiger partial charge in [0.1, 0.15) is 11.2 Å². The third-order valence-electron chi connectivity index (χ3n) is 8.12. The maximum Gasteiger partial charge on any atom is 0.167 e. The standard InChI is InChI=1S/C36H25N3O/c1-36(2)28-19-10-9-16-24(28)25-20-21-29-30(31(25)36)26-17-11-18-27(32(26)40-29)35-38-33(22-12-5-3-6-13-22)37-34(39-35)23-14-7-4-8-15-23/h3-21H,1-2H3. The van der Waals surface area contributed by atoms with Gasteiger partial charge >= 0.3 is 0 Å². The van der Waals surface area contributed by atoms with Gasteiger partial charge in [0.2, 0.25) is 0 Å². The van der Waals surface area contributed by atoms with Crippen LogP contribution in [0.3, 0.4) is 0 Å². The molecule has 5 aromatic carbocycles. The lowest BCUT2D eigenvalue weighted by molar-refractivity contribution is 0.657. The van der Waals surface area contributed by atoms with Crippen molar-refractivity contribution >= 4 is 21.9 Å². The Labute approximate surface area is 232 Å². The van der Waals surface area contributed by atoms with E-state index in [4.69, 9.17) is 19.4 Å². The van der Waals surface area contributed by atoms with Crippen LogP contribution in [0.2, 0.25) is 0 Å². The fourth-order valence-electron chi connectivity index (χ4n) is 6.27. The predicted octanol–water partition coefficient (Wildman–Crippen LogP) is 9.08. The van der Waals surface area contributed by atoms with Gasteiger partial charge in [-0.1, -0.05) is 117 Å². The summed E-state index contributed by atoms with van der Waals surface area (Å²) in [5.74, 6) is 1.86. The highest BCUT2D eigenvalue weighted by atomic mass is 16.3. The highest BCUT2D eigenvalue weighted by Gasteiger charge is 2.38. The number of hydrogen-bond acceptors (Lipinski definition) is 4. The summed E-state index contributed by atoms with van der Waals surface area (Å²) < 4.78 is 6.65. The maximum atomic E-state index is 6.65. The first-order valence-electron chi connectivity index (χ1n) is 13.6. The van der Waals surface area contributed by atoms with Crippen molar-refractivity contribution in [2.45, 2.75) is 19.3 Å². The first-order chi connectivity index (χ1) is 19.6. The molecule has 0 spiro atoms. The van der Waals surface area contributed by atoms with E-state index in [1.807, 2.05) is 66.7 Å². The minimum atomic E-state index is -0.146. The summed E-state index contributed by atoms with van der Waals surface area (Å²) in [5, 5.41) is 2.24. The molecule has 40 heavy (non-hydrogen) atoms. The molecule has 0 amide bonds. The van der Waals surface area contributed by atoms with Crippen LogP contribution in [-0.2, 0) is 5.41 Å². The Bertz CT molecular complexity index is 2020. The van der Waals surface area contributed by atoms with Crippen LogP contribution in [0.1, 0.15) is 25.0 Å². The van der Waals surface area contributed by atoms with Gasteiger partial charge in [-0.2, -0.15) is 0 Å². The number of fused-ring (bicyclic) bond motifs is 7. The van der Waals surface area contributed by atoms with Crippen molar-refractivity contribution in [1.29, 1.82) is 0 Å². The molecule has 7 aromatic rings. The first kappa shape index (κ1) is 22.9. The number of furan rings is 1. The number of hydrogen-bond donors (Lipinski definition) is 0. The highest BCUT2D eigenvalue weighted by molar-refractivity contribution is 6.13. The normalized spacial score (nSPS) is 13.4. The molecule has 0 bridgehead atoms. The van der Waals surface area contributed by atoms with E-state index >= 15 is 0 Å². The van der Waals surface area contributed by atoms with Gasteiger partial charge in [-0.3, -0.25) is 0 Å². The molecule has 0 fully saturated rings. The van der Waals surface area contributed by atoms with Crippen molar-refractivity contribution in [2.75, 3.05) is 0 Å². The van der Waals surface area contributed by atoms with E-state index in [1.165, 1.54) is 22.3 Å². The molecule has 2 aromatic heterocycles. The Hall–Kier alpha value is -5.09. The summed E-state index contributed by atoms with van der Waals surface area (Å²) in [4.78, 5) is 14.8. The molecule has 2 heterocycles. The number of benzene rings is 5. The largest absolute Gasteiger partial charge is 0.455 e. The molecule has 0 saturated heterocycles. The first-order valence-corrected chi connectivity index (χ1v) is 13.6. The van der Waals surface area contributed by atoms with Crippen LogP contribution in [-0.4, -0.2) is 15.0 Å². The smallest absolute Gasteiger partial charge is 0.167 e. The SMILES string of the molecule is CC1(C)c2ccccc2-c2ccc3oc4c(-c5nc(-c6ccccc6)nc(-c6ccccc6)n5)cccc4c3c21. The average molecular weight is 516 g/mol. The Morgan fingerprint density at radius 3 is 1.82 bits per heavy atom. The summed E-state index contributed by atoms with van der Waals surface area (Å²) in [6.07, 6.45) is 0. The molecule has 1 aliphatic rings. The minimum Gasteiger partial charge on any atom is -0.455 e. The van der Waals surface area contributed by atoms with E-state index in [0.29, 0.717) is 17.5 Å². The van der Waals surface area contributed by atoms with Gasteiger partial charge in [0, 0.05) is 27.3 Å². The molecule has 0 saturated carbocycles. The van der Waals surface area contributed by atoms with Crippen molar-refractivity contribution in [3.63, 3.8) is 0 Å². The number of para-hydroxylation sites is 1. The van der Waals surface area contributed by atoms with Crippen molar-refractivity contribution in [1.82, 2.24) is 15.0 Å². The molecule has 4 heteroatoms. The third-order valence-corrected chi connectivity index (χ3v) is 8.12. The molecule has 1 aliphatic carbocycles. The van der Waals surface area contributed by atoms with Crippen molar-refractivity contribution < 1.29 is 4.42 Å². The molecule has 0 radical (unpaired) electrons. The van der Waals surface area contributed by atoms with Crippen LogP contribution in [0, 0.1) is 0 Å². The second kappa shape index (κ2) is 8.45. The molecule has 0 unspecified atom stereocenters. The van der Waals surface area contributed by atoms with Gasteiger partial charge < -0.3 is 4.42 Å². The minimum absolute atomic E-state index is 0.146. The maximum absolute atomic E-state index is 6.65. The zero-order valence-corrected chi connectivity index (χ0v) is 22.2. The van der Waals surface area contributed by atoms with E-state index < -0.39 is 0 Å². The molecule has 0 atom stereocenters. The van der Waals surface area contributed by atoms with Crippen molar-refractivity contribution in [3.8, 4) is 45.3 Å². The van der Waals surface area contributed by atoms with Crippen LogP contribution in [0.15, 0.2) is 120 Å². The van der Waals surface area contributed by atoms with Gasteiger partial charge in [-0.25, -0.2) is 15.0 Å². The zero-order valence-electron chi connectivity index (χ0n) is 22.2. The van der Waals surface area contributed by atoms with E-state index in [9.17, 15) is 0 Å². The third kappa shape index (κ3) is 3.29. The lowest BCUT2D eigenvalue weighted by atomic mass is 9.80. The van der Waals surface area contributed by atoms with Gasteiger partial charge in [0.25, 0.3) is 0 Å². The summed E-state index contributed by atoms with van der Waals surface area (Å²) >= 11 is 0. The fraction of sp³-hybridized carbons (Fsp3) is 0.0833. The van der Waals surface area contributed by atoms with Crippen LogP contribution >= 0.6 is 0 Å². The summed E-state index contributed by atoms with van der Waals surface area (Å²) in [6.45, 7) is 4.62. The number of nitrogens with zero attached hydrogens (tertiary/aromatic N) is 3. The van der Waals surface area contributed by atoms with Crippen molar-refractivity contribution in [3.05, 3.63) is 126 Å². The van der Waals surface area contributed by atoms with Gasteiger partial charge in [0.05, 0.1) is 5.56 Å². The van der Waals surface area contributed by atoms with Crippen molar-refractivity contribution in [2.24, 2.45) is 0 Å². The molecule has 8 rings (SSSR count). The lowest BCUT2D eigenvalue weighted by Gasteiger charge is -2.22. The van der Waals surface area contributed by atoms with E-state index in [2.05, 4.69) is 62.4 Å². The highest BCUT2D eigenvalue weighted by Crippen LogP contribution is 2.53. The second-order valence-corrected chi connectivity index (χ2v) is 10.9. The number of aromatic nitrogens is 3. The molecule has 0 aliphatic heterocycles. The van der Waals surface area contributed by atoms with Crippen LogP contribution in [0.4, 0.5) is 0 Å². The Balaban J connectivity index is 1.40. The molecule has 4 nitrogen and oxygen atoms in total. The Morgan fingerprint density at radius 2 is 1.12 bits per heavy atom. The Kier molecular flexibility index (Phi) is 4.83. The molecular weight excluding hydrogens is 490 g/mol. The lowest BCUT2D eigenvalue weighted by Crippen LogP contribution is -2.15.